The van der Waals surface area contributed by atoms with Gasteiger partial charge in [-0.3, -0.25) is 13.9 Å². The summed E-state index contributed by atoms with van der Waals surface area (Å²) < 4.78 is 30.2. The predicted octanol–water partition coefficient (Wildman–Crippen LogP) is 4.90. The Labute approximate surface area is 185 Å². The summed E-state index contributed by atoms with van der Waals surface area (Å²) in [5.41, 5.74) is 3.87. The zero-order valence-electron chi connectivity index (χ0n) is 17.4. The van der Waals surface area contributed by atoms with Gasteiger partial charge in [0.05, 0.1) is 17.1 Å². The first-order valence-corrected chi connectivity index (χ1v) is 11.3. The molecule has 1 atom stereocenters. The molecule has 0 saturated heterocycles. The van der Waals surface area contributed by atoms with Crippen LogP contribution in [0.5, 0.6) is 5.88 Å². The van der Waals surface area contributed by atoms with E-state index >= 15 is 0 Å². The Balaban J connectivity index is 0.00000193. The number of amides is 1. The minimum atomic E-state index is -3.53. The van der Waals surface area contributed by atoms with Crippen molar-refractivity contribution in [1.82, 2.24) is 15.3 Å². The molecular weight excluding hydrogens is 416 g/mol. The summed E-state index contributed by atoms with van der Waals surface area (Å²) in [6.07, 6.45) is -0.373. The molecule has 8 nitrogen and oxygen atoms in total. The molecule has 4 N–H and O–H groups in total. The maximum Gasteiger partial charge on any atom is 0.251 e. The number of aromatic nitrogens is 2. The number of benzene rings is 2. The lowest BCUT2D eigenvalue weighted by Crippen LogP contribution is -2.33. The van der Waals surface area contributed by atoms with Crippen LogP contribution in [0.1, 0.15) is 31.3 Å². The van der Waals surface area contributed by atoms with E-state index in [0.717, 1.165) is 16.7 Å². The molecule has 4 bridgehead atoms. The van der Waals surface area contributed by atoms with Crippen molar-refractivity contribution in [3.8, 4) is 17.1 Å². The smallest absolute Gasteiger partial charge is 0.251 e. The molecule has 1 aliphatic heterocycles. The van der Waals surface area contributed by atoms with Gasteiger partial charge in [0.25, 0.3) is 5.91 Å². The number of carbonyl (C=O) groups is 1. The Hall–Kier alpha value is -3.14. The molecular formula is C22H28N4O4S. The fourth-order valence-corrected chi connectivity index (χ4v) is 4.49. The van der Waals surface area contributed by atoms with Crippen LogP contribution in [-0.2, 0) is 0 Å². The lowest BCUT2D eigenvalue weighted by molar-refractivity contribution is 0.0930. The van der Waals surface area contributed by atoms with Crippen LogP contribution in [-0.4, -0.2) is 37.6 Å². The summed E-state index contributed by atoms with van der Waals surface area (Å²) >= 11 is 0. The first kappa shape index (κ1) is 21.1. The van der Waals surface area contributed by atoms with Crippen molar-refractivity contribution < 1.29 is 21.5 Å². The third-order valence-electron chi connectivity index (χ3n) is 4.97. The highest BCUT2D eigenvalue weighted by Crippen LogP contribution is 2.47. The number of rotatable bonds is 1. The number of hydrogen-bond acceptors (Lipinski definition) is 7. The lowest BCUT2D eigenvalue weighted by Gasteiger charge is -2.33. The van der Waals surface area contributed by atoms with Crippen molar-refractivity contribution >= 4 is 22.6 Å². The zero-order chi connectivity index (χ0) is 22.2. The average molecular weight is 445 g/mol. The van der Waals surface area contributed by atoms with Crippen molar-refractivity contribution in [1.29, 1.82) is 0 Å². The number of aryl methyl sites for hydroxylation is 2. The van der Waals surface area contributed by atoms with Gasteiger partial charge in [-0.05, 0) is 50.1 Å². The van der Waals surface area contributed by atoms with Crippen molar-refractivity contribution in [2.24, 2.45) is 0 Å². The summed E-state index contributed by atoms with van der Waals surface area (Å²) in [7, 11) is -3.53. The molecule has 0 saturated carbocycles. The van der Waals surface area contributed by atoms with Crippen molar-refractivity contribution in [2.45, 2.75) is 31.8 Å². The maximum atomic E-state index is 12.5. The first-order chi connectivity index (χ1) is 14.7. The molecule has 0 spiro atoms. The van der Waals surface area contributed by atoms with Crippen LogP contribution in [0.2, 0.25) is 0 Å². The molecule has 1 aliphatic rings. The number of fused-ring (bicyclic) bond motifs is 4. The molecule has 2 aromatic carbocycles. The Morgan fingerprint density at radius 1 is 1.10 bits per heavy atom. The summed E-state index contributed by atoms with van der Waals surface area (Å²) in [6.45, 7) is 6.04. The number of nitrogens with one attached hydrogen (secondary N) is 2. The quantitative estimate of drug-likeness (QED) is 0.422. The molecule has 0 fully saturated rings. The van der Waals surface area contributed by atoms with E-state index in [2.05, 4.69) is 20.0 Å². The number of nitrogens with zero attached hydrogens (tertiary/aromatic N) is 2. The molecule has 0 unspecified atom stereocenters. The molecule has 166 valence electrons. The summed E-state index contributed by atoms with van der Waals surface area (Å²) in [6, 6.07) is 13.8. The third kappa shape index (κ3) is 4.48. The van der Waals surface area contributed by atoms with Crippen molar-refractivity contribution in [2.75, 3.05) is 11.3 Å². The van der Waals surface area contributed by atoms with Gasteiger partial charge in [-0.15, -0.1) is 0 Å². The minimum absolute atomic E-state index is 0. The van der Waals surface area contributed by atoms with Gasteiger partial charge < -0.3 is 10.1 Å². The summed E-state index contributed by atoms with van der Waals surface area (Å²) in [5.74, 6) is -0.0508. The monoisotopic (exact) mass is 444 g/mol. The Kier molecular flexibility index (Phi) is 5.57. The molecule has 1 aromatic heterocycles. The lowest BCUT2D eigenvalue weighted by atomic mass is 10.00. The molecule has 31 heavy (non-hydrogen) atoms. The van der Waals surface area contributed by atoms with E-state index in [1.165, 1.54) is 12.1 Å². The van der Waals surface area contributed by atoms with Gasteiger partial charge in [-0.25, -0.2) is 9.71 Å². The van der Waals surface area contributed by atoms with Crippen LogP contribution in [0, 0.1) is 13.8 Å². The van der Waals surface area contributed by atoms with Gasteiger partial charge in [-0.1, -0.05) is 35.0 Å². The van der Waals surface area contributed by atoms with Gasteiger partial charge in [0, 0.05) is 20.0 Å². The van der Waals surface area contributed by atoms with Gasteiger partial charge in [-0.2, -0.15) is 4.98 Å². The topological polar surface area (TPSA) is 117 Å². The standard InChI is InChI=1S/C22H24N4O4S.2H2/c1-13-6-4-7-14(2)20(13)18-11-19-25-22(24-18)26-31(28,29)17-9-5-8-16(10-17)21(27)23-12-15(3)30-19;;/h4-11,15,28-29H,12H2,1-3H3,(H,23,27)(H,24,25,26);2*1H/t15-;;/m1../s1. The number of carbonyl (C=O) groups excluding carboxylic acids is 1. The number of ether oxygens (including phenoxy) is 1. The Morgan fingerprint density at radius 3 is 2.55 bits per heavy atom. The van der Waals surface area contributed by atoms with Gasteiger partial charge in [0.15, 0.2) is 0 Å². The zero-order valence-corrected chi connectivity index (χ0v) is 18.2. The molecule has 3 aromatic rings. The molecule has 4 rings (SSSR count). The SMILES string of the molecule is Cc1cccc(C)c1-c1cc2nc(n1)NS(O)(O)c1cccc(c1)C(=O)NC[C@@H](C)O2.[HH].[HH]. The highest BCUT2D eigenvalue weighted by molar-refractivity contribution is 8.25. The van der Waals surface area contributed by atoms with E-state index in [1.807, 2.05) is 39.0 Å². The van der Waals surface area contributed by atoms with Crippen molar-refractivity contribution in [3.05, 3.63) is 65.2 Å². The third-order valence-corrected chi connectivity index (χ3v) is 6.35. The highest BCUT2D eigenvalue weighted by Gasteiger charge is 2.22. The van der Waals surface area contributed by atoms with Crippen molar-refractivity contribution in [3.63, 3.8) is 0 Å². The summed E-state index contributed by atoms with van der Waals surface area (Å²) in [5, 5.41) is 2.80. The first-order valence-electron chi connectivity index (χ1n) is 9.79. The largest absolute Gasteiger partial charge is 0.473 e. The molecule has 1 amide bonds. The number of hydrogen-bond donors (Lipinski definition) is 4. The number of anilines is 1. The van der Waals surface area contributed by atoms with Crippen LogP contribution < -0.4 is 14.8 Å². The van der Waals surface area contributed by atoms with Crippen LogP contribution in [0.3, 0.4) is 0 Å². The van der Waals surface area contributed by atoms with Gasteiger partial charge >= 0.3 is 0 Å². The van der Waals surface area contributed by atoms with E-state index in [4.69, 9.17) is 4.74 Å². The average Bonchev–Trinajstić information content (AvgIpc) is 2.71. The van der Waals surface area contributed by atoms with Crippen LogP contribution in [0.25, 0.3) is 11.3 Å². The predicted molar refractivity (Wildman–Crippen MR) is 125 cm³/mol. The van der Waals surface area contributed by atoms with E-state index < -0.39 is 10.8 Å². The van der Waals surface area contributed by atoms with Crippen LogP contribution in [0.15, 0.2) is 53.4 Å². The summed E-state index contributed by atoms with van der Waals surface area (Å²) in [4.78, 5) is 21.5. The molecule has 0 radical (unpaired) electrons. The minimum Gasteiger partial charge on any atom is -0.473 e. The molecule has 0 aliphatic carbocycles. The molecule has 2 heterocycles. The fraction of sp³-hybridized carbons (Fsp3) is 0.227. The van der Waals surface area contributed by atoms with E-state index in [0.29, 0.717) is 11.3 Å². The van der Waals surface area contributed by atoms with Gasteiger partial charge in [0.2, 0.25) is 11.8 Å². The van der Waals surface area contributed by atoms with E-state index in [-0.39, 0.29) is 38.1 Å². The second kappa shape index (κ2) is 8.18. The normalized spacial score (nSPS) is 18.9. The van der Waals surface area contributed by atoms with Gasteiger partial charge in [0.1, 0.15) is 6.10 Å². The van der Waals surface area contributed by atoms with Crippen LogP contribution >= 0.6 is 10.8 Å². The molecule has 9 heteroatoms. The Morgan fingerprint density at radius 2 is 1.81 bits per heavy atom. The highest BCUT2D eigenvalue weighted by atomic mass is 32.3. The fourth-order valence-electron chi connectivity index (χ4n) is 3.46. The Bertz CT molecular complexity index is 1140. The van der Waals surface area contributed by atoms with E-state index in [9.17, 15) is 13.9 Å². The van der Waals surface area contributed by atoms with E-state index in [1.54, 1.807) is 18.2 Å². The van der Waals surface area contributed by atoms with Crippen LogP contribution in [0.4, 0.5) is 5.95 Å². The maximum absolute atomic E-state index is 12.5. The second-order valence-corrected chi connectivity index (χ2v) is 9.27. The second-order valence-electron chi connectivity index (χ2n) is 7.50.